The minimum atomic E-state index is -1.02. The maximum absolute atomic E-state index is 10.4. The van der Waals surface area contributed by atoms with Gasteiger partial charge >= 0.3 is 0 Å². The fourth-order valence-electron chi connectivity index (χ4n) is 1.14. The Balaban J connectivity index is 2.84. The highest BCUT2D eigenvalue weighted by Gasteiger charge is 2.16. The van der Waals surface area contributed by atoms with Gasteiger partial charge in [-0.1, -0.05) is 0 Å². The van der Waals surface area contributed by atoms with Crippen LogP contribution < -0.4 is 5.73 Å². The lowest BCUT2D eigenvalue weighted by molar-refractivity contribution is -0.384. The molecule has 0 aliphatic rings. The first-order chi connectivity index (χ1) is 7.06. The number of rotatable bonds is 4. The van der Waals surface area contributed by atoms with Gasteiger partial charge in [0.2, 0.25) is 0 Å². The Morgan fingerprint density at radius 2 is 1.93 bits per heavy atom. The zero-order valence-corrected chi connectivity index (χ0v) is 7.91. The van der Waals surface area contributed by atoms with Crippen LogP contribution in [0.3, 0.4) is 0 Å². The van der Waals surface area contributed by atoms with E-state index >= 15 is 0 Å². The van der Waals surface area contributed by atoms with Gasteiger partial charge in [0.05, 0.1) is 23.7 Å². The number of nitro groups is 1. The molecule has 0 aliphatic carbocycles. The molecule has 0 radical (unpaired) electrons. The van der Waals surface area contributed by atoms with Crippen molar-refractivity contribution in [1.82, 2.24) is 0 Å². The van der Waals surface area contributed by atoms with E-state index < -0.39 is 17.1 Å². The van der Waals surface area contributed by atoms with Crippen molar-refractivity contribution in [3.8, 4) is 0 Å². The standard InChI is InChI=1S/C9H12N2O4/c10-8(5-12)9(13)6-1-3-7(4-2-6)11(14)15/h1-4,8-9,12-13H,5,10H2/t8-,9?/m0/s1. The predicted octanol–water partition coefficient (Wildman–Crippen LogP) is -0.0522. The van der Waals surface area contributed by atoms with Gasteiger partial charge in [0.1, 0.15) is 0 Å². The van der Waals surface area contributed by atoms with E-state index in [0.29, 0.717) is 5.56 Å². The summed E-state index contributed by atoms with van der Waals surface area (Å²) in [4.78, 5) is 9.82. The average Bonchev–Trinajstić information content (AvgIpc) is 2.27. The first-order valence-corrected chi connectivity index (χ1v) is 4.35. The van der Waals surface area contributed by atoms with Gasteiger partial charge in [0.25, 0.3) is 5.69 Å². The normalized spacial score (nSPS) is 14.6. The van der Waals surface area contributed by atoms with Crippen molar-refractivity contribution in [2.75, 3.05) is 6.61 Å². The van der Waals surface area contributed by atoms with Crippen LogP contribution in [0.4, 0.5) is 5.69 Å². The summed E-state index contributed by atoms with van der Waals surface area (Å²) in [6.07, 6.45) is -1.02. The van der Waals surface area contributed by atoms with Crippen LogP contribution in [-0.2, 0) is 0 Å². The number of nitro benzene ring substituents is 1. The van der Waals surface area contributed by atoms with Crippen LogP contribution >= 0.6 is 0 Å². The molecule has 1 unspecified atom stereocenters. The van der Waals surface area contributed by atoms with E-state index in [-0.39, 0.29) is 12.3 Å². The van der Waals surface area contributed by atoms with Gasteiger partial charge in [-0.3, -0.25) is 10.1 Å². The lowest BCUT2D eigenvalue weighted by Gasteiger charge is -2.16. The Morgan fingerprint density at radius 1 is 1.40 bits per heavy atom. The predicted molar refractivity (Wildman–Crippen MR) is 53.1 cm³/mol. The fraction of sp³-hybridized carbons (Fsp3) is 0.333. The van der Waals surface area contributed by atoms with Crippen molar-refractivity contribution in [3.05, 3.63) is 39.9 Å². The quantitative estimate of drug-likeness (QED) is 0.478. The van der Waals surface area contributed by atoms with E-state index in [4.69, 9.17) is 10.8 Å². The molecular formula is C9H12N2O4. The topological polar surface area (TPSA) is 110 Å². The molecule has 1 rings (SSSR count). The van der Waals surface area contributed by atoms with Gasteiger partial charge < -0.3 is 15.9 Å². The van der Waals surface area contributed by atoms with E-state index in [1.165, 1.54) is 24.3 Å². The highest BCUT2D eigenvalue weighted by atomic mass is 16.6. The van der Waals surface area contributed by atoms with Crippen LogP contribution in [0.25, 0.3) is 0 Å². The molecule has 0 fully saturated rings. The number of hydrogen-bond acceptors (Lipinski definition) is 5. The Hall–Kier alpha value is -1.50. The molecular weight excluding hydrogens is 200 g/mol. The third-order valence-corrected chi connectivity index (χ3v) is 2.06. The second-order valence-corrected chi connectivity index (χ2v) is 3.14. The number of benzene rings is 1. The molecule has 0 heterocycles. The van der Waals surface area contributed by atoms with Gasteiger partial charge in [0, 0.05) is 12.1 Å². The summed E-state index contributed by atoms with van der Waals surface area (Å²) in [6.45, 7) is -0.349. The Kier molecular flexibility index (Phi) is 3.73. The highest BCUT2D eigenvalue weighted by Crippen LogP contribution is 2.19. The van der Waals surface area contributed by atoms with Crippen LogP contribution in [0.2, 0.25) is 0 Å². The molecule has 0 bridgehead atoms. The molecule has 6 nitrogen and oxygen atoms in total. The summed E-state index contributed by atoms with van der Waals surface area (Å²) in [5.74, 6) is 0. The summed E-state index contributed by atoms with van der Waals surface area (Å²) in [5.41, 5.74) is 5.81. The molecule has 4 N–H and O–H groups in total. The summed E-state index contributed by atoms with van der Waals surface area (Å²) in [7, 11) is 0. The van der Waals surface area contributed by atoms with Crippen LogP contribution in [-0.4, -0.2) is 27.8 Å². The summed E-state index contributed by atoms with van der Waals surface area (Å²) in [6, 6.07) is 4.61. The number of aliphatic hydroxyl groups excluding tert-OH is 2. The van der Waals surface area contributed by atoms with Crippen molar-refractivity contribution in [2.24, 2.45) is 5.73 Å². The van der Waals surface area contributed by atoms with Crippen LogP contribution in [0.1, 0.15) is 11.7 Å². The van der Waals surface area contributed by atoms with Gasteiger partial charge in [-0.25, -0.2) is 0 Å². The third kappa shape index (κ3) is 2.72. The summed E-state index contributed by atoms with van der Waals surface area (Å²) in [5, 5.41) is 28.6. The molecule has 0 saturated carbocycles. The SMILES string of the molecule is N[C@@H](CO)C(O)c1ccc([N+](=O)[O-])cc1. The van der Waals surface area contributed by atoms with E-state index in [1.807, 2.05) is 0 Å². The molecule has 0 aromatic heterocycles. The molecule has 0 saturated heterocycles. The molecule has 0 amide bonds. The number of hydrogen-bond donors (Lipinski definition) is 3. The monoisotopic (exact) mass is 212 g/mol. The van der Waals surface area contributed by atoms with Crippen molar-refractivity contribution >= 4 is 5.69 Å². The van der Waals surface area contributed by atoms with Crippen molar-refractivity contribution in [3.63, 3.8) is 0 Å². The maximum Gasteiger partial charge on any atom is 0.269 e. The zero-order chi connectivity index (χ0) is 11.4. The third-order valence-electron chi connectivity index (χ3n) is 2.06. The molecule has 82 valence electrons. The van der Waals surface area contributed by atoms with E-state index in [9.17, 15) is 15.2 Å². The molecule has 15 heavy (non-hydrogen) atoms. The molecule has 1 aromatic carbocycles. The number of nitrogens with two attached hydrogens (primary N) is 1. The molecule has 0 aliphatic heterocycles. The maximum atomic E-state index is 10.4. The Labute approximate surface area is 86.1 Å². The molecule has 2 atom stereocenters. The van der Waals surface area contributed by atoms with E-state index in [1.54, 1.807) is 0 Å². The van der Waals surface area contributed by atoms with Crippen molar-refractivity contribution < 1.29 is 15.1 Å². The first-order valence-electron chi connectivity index (χ1n) is 4.35. The number of non-ortho nitro benzene ring substituents is 1. The fourth-order valence-corrected chi connectivity index (χ4v) is 1.14. The lowest BCUT2D eigenvalue weighted by Crippen LogP contribution is -2.31. The van der Waals surface area contributed by atoms with Gasteiger partial charge in [-0.2, -0.15) is 0 Å². The largest absolute Gasteiger partial charge is 0.395 e. The number of aliphatic hydroxyl groups is 2. The van der Waals surface area contributed by atoms with Crippen LogP contribution in [0.15, 0.2) is 24.3 Å². The second kappa shape index (κ2) is 4.83. The van der Waals surface area contributed by atoms with Crippen molar-refractivity contribution in [1.29, 1.82) is 0 Å². The molecule has 1 aromatic rings. The van der Waals surface area contributed by atoms with E-state index in [0.717, 1.165) is 0 Å². The minimum absolute atomic E-state index is 0.0523. The summed E-state index contributed by atoms with van der Waals surface area (Å²) >= 11 is 0. The average molecular weight is 212 g/mol. The first kappa shape index (κ1) is 11.6. The minimum Gasteiger partial charge on any atom is -0.395 e. The van der Waals surface area contributed by atoms with Crippen LogP contribution in [0, 0.1) is 10.1 Å². The molecule has 6 heteroatoms. The second-order valence-electron chi connectivity index (χ2n) is 3.14. The van der Waals surface area contributed by atoms with Gasteiger partial charge in [0.15, 0.2) is 0 Å². The Morgan fingerprint density at radius 3 is 2.33 bits per heavy atom. The van der Waals surface area contributed by atoms with Gasteiger partial charge in [-0.05, 0) is 17.7 Å². The van der Waals surface area contributed by atoms with Crippen molar-refractivity contribution in [2.45, 2.75) is 12.1 Å². The molecule has 0 spiro atoms. The Bertz CT molecular complexity index is 338. The van der Waals surface area contributed by atoms with E-state index in [2.05, 4.69) is 0 Å². The lowest BCUT2D eigenvalue weighted by atomic mass is 10.0. The smallest absolute Gasteiger partial charge is 0.269 e. The van der Waals surface area contributed by atoms with Gasteiger partial charge in [-0.15, -0.1) is 0 Å². The summed E-state index contributed by atoms with van der Waals surface area (Å²) < 4.78 is 0. The zero-order valence-electron chi connectivity index (χ0n) is 7.91. The number of nitrogens with zero attached hydrogens (tertiary/aromatic N) is 1. The highest BCUT2D eigenvalue weighted by molar-refractivity contribution is 5.34. The van der Waals surface area contributed by atoms with Crippen LogP contribution in [0.5, 0.6) is 0 Å².